The predicted molar refractivity (Wildman–Crippen MR) is 143 cm³/mol. The highest BCUT2D eigenvalue weighted by atomic mass is 32.1. The SMILES string of the molecule is CCOC(=O)COc1cccc(C2NC(=S)NC(c3ccccc3)=C2C(=O)Nc2ccc(C)cc2)c1. The maximum atomic E-state index is 13.7. The molecule has 0 saturated heterocycles. The van der Waals surface area contributed by atoms with Gasteiger partial charge in [-0.1, -0.05) is 60.2 Å². The summed E-state index contributed by atoms with van der Waals surface area (Å²) in [7, 11) is 0. The van der Waals surface area contributed by atoms with E-state index in [2.05, 4.69) is 16.0 Å². The van der Waals surface area contributed by atoms with Gasteiger partial charge in [-0.05, 0) is 61.5 Å². The van der Waals surface area contributed by atoms with Crippen LogP contribution < -0.4 is 20.7 Å². The summed E-state index contributed by atoms with van der Waals surface area (Å²) < 4.78 is 10.6. The number of hydrogen-bond donors (Lipinski definition) is 3. The first kappa shape index (κ1) is 24.9. The number of aryl methyl sites for hydroxylation is 1. The highest BCUT2D eigenvalue weighted by molar-refractivity contribution is 7.80. The fraction of sp³-hybridized carbons (Fsp3) is 0.179. The lowest BCUT2D eigenvalue weighted by atomic mass is 9.92. The van der Waals surface area contributed by atoms with Crippen LogP contribution in [-0.4, -0.2) is 30.2 Å². The van der Waals surface area contributed by atoms with E-state index in [1.165, 1.54) is 0 Å². The van der Waals surface area contributed by atoms with Gasteiger partial charge in [0.2, 0.25) is 0 Å². The predicted octanol–water partition coefficient (Wildman–Crippen LogP) is 4.51. The van der Waals surface area contributed by atoms with Gasteiger partial charge in [0.1, 0.15) is 5.75 Å². The molecule has 7 nitrogen and oxygen atoms in total. The minimum atomic E-state index is -0.564. The van der Waals surface area contributed by atoms with Gasteiger partial charge >= 0.3 is 5.97 Å². The Morgan fingerprint density at radius 2 is 1.75 bits per heavy atom. The molecule has 1 amide bonds. The van der Waals surface area contributed by atoms with Gasteiger partial charge in [0.25, 0.3) is 5.91 Å². The number of amides is 1. The third kappa shape index (κ3) is 6.09. The minimum absolute atomic E-state index is 0.207. The largest absolute Gasteiger partial charge is 0.482 e. The molecule has 3 aromatic carbocycles. The van der Waals surface area contributed by atoms with Crippen molar-refractivity contribution in [1.82, 2.24) is 10.6 Å². The molecule has 1 heterocycles. The van der Waals surface area contributed by atoms with E-state index >= 15 is 0 Å². The molecular formula is C28H27N3O4S. The van der Waals surface area contributed by atoms with E-state index < -0.39 is 12.0 Å². The lowest BCUT2D eigenvalue weighted by molar-refractivity contribution is -0.145. The summed E-state index contributed by atoms with van der Waals surface area (Å²) in [5, 5.41) is 9.80. The molecule has 1 atom stereocenters. The monoisotopic (exact) mass is 501 g/mol. The molecule has 0 fully saturated rings. The Bertz CT molecular complexity index is 1290. The first-order valence-corrected chi connectivity index (χ1v) is 12.0. The van der Waals surface area contributed by atoms with Gasteiger partial charge in [0, 0.05) is 5.69 Å². The van der Waals surface area contributed by atoms with E-state index in [1.54, 1.807) is 25.1 Å². The van der Waals surface area contributed by atoms with Crippen LogP contribution in [0, 0.1) is 6.92 Å². The van der Waals surface area contributed by atoms with Crippen LogP contribution in [0.25, 0.3) is 5.70 Å². The number of anilines is 1. The van der Waals surface area contributed by atoms with Gasteiger partial charge in [-0.2, -0.15) is 0 Å². The topological polar surface area (TPSA) is 88.7 Å². The van der Waals surface area contributed by atoms with Crippen molar-refractivity contribution in [1.29, 1.82) is 0 Å². The molecule has 0 saturated carbocycles. The van der Waals surface area contributed by atoms with Crippen molar-refractivity contribution in [3.05, 3.63) is 101 Å². The Morgan fingerprint density at radius 1 is 1.00 bits per heavy atom. The summed E-state index contributed by atoms with van der Waals surface area (Å²) in [4.78, 5) is 25.5. The van der Waals surface area contributed by atoms with Crippen LogP contribution >= 0.6 is 12.2 Å². The van der Waals surface area contributed by atoms with Crippen molar-refractivity contribution in [2.45, 2.75) is 19.9 Å². The van der Waals surface area contributed by atoms with Crippen LogP contribution in [0.3, 0.4) is 0 Å². The maximum Gasteiger partial charge on any atom is 0.344 e. The standard InChI is InChI=1S/C28H27N3O4S/c1-3-34-23(32)17-35-22-11-7-10-20(16-22)26-24(27(33)29-21-14-12-18(2)13-15-21)25(30-28(36)31-26)19-8-5-4-6-9-19/h4-16,26H,3,17H2,1-2H3,(H,29,33)(H2,30,31,36). The molecule has 184 valence electrons. The van der Waals surface area contributed by atoms with Crippen LogP contribution in [0.5, 0.6) is 5.75 Å². The van der Waals surface area contributed by atoms with Crippen LogP contribution in [0.1, 0.15) is 29.7 Å². The van der Waals surface area contributed by atoms with Gasteiger partial charge in [0.05, 0.1) is 23.9 Å². The molecule has 3 N–H and O–H groups in total. The third-order valence-corrected chi connectivity index (χ3v) is 5.76. The second-order valence-electron chi connectivity index (χ2n) is 8.17. The van der Waals surface area contributed by atoms with Gasteiger partial charge < -0.3 is 25.4 Å². The summed E-state index contributed by atoms with van der Waals surface area (Å²) in [5.74, 6) is -0.247. The molecule has 0 radical (unpaired) electrons. The summed E-state index contributed by atoms with van der Waals surface area (Å²) in [6, 6.07) is 23.8. The lowest BCUT2D eigenvalue weighted by Gasteiger charge is -2.32. The molecule has 3 aromatic rings. The Balaban J connectivity index is 1.72. The first-order valence-electron chi connectivity index (χ1n) is 11.6. The number of carbonyl (C=O) groups excluding carboxylic acids is 2. The van der Waals surface area contributed by atoms with Crippen molar-refractivity contribution < 1.29 is 19.1 Å². The van der Waals surface area contributed by atoms with Gasteiger partial charge in [-0.3, -0.25) is 4.79 Å². The number of rotatable bonds is 8. The number of hydrogen-bond acceptors (Lipinski definition) is 5. The lowest BCUT2D eigenvalue weighted by Crippen LogP contribution is -2.45. The number of thiocarbonyl (C=S) groups is 1. The molecular weight excluding hydrogens is 474 g/mol. The van der Waals surface area contributed by atoms with E-state index in [0.29, 0.717) is 27.8 Å². The van der Waals surface area contributed by atoms with E-state index in [4.69, 9.17) is 21.7 Å². The van der Waals surface area contributed by atoms with Crippen molar-refractivity contribution in [2.24, 2.45) is 0 Å². The van der Waals surface area contributed by atoms with Crippen molar-refractivity contribution in [3.8, 4) is 5.75 Å². The zero-order valence-electron chi connectivity index (χ0n) is 20.0. The number of benzene rings is 3. The first-order chi connectivity index (χ1) is 17.4. The van der Waals surface area contributed by atoms with E-state index in [0.717, 1.165) is 16.7 Å². The number of carbonyl (C=O) groups is 2. The van der Waals surface area contributed by atoms with Crippen LogP contribution in [0.4, 0.5) is 5.69 Å². The average molecular weight is 502 g/mol. The van der Waals surface area contributed by atoms with E-state index in [1.807, 2.05) is 67.6 Å². The minimum Gasteiger partial charge on any atom is -0.482 e. The van der Waals surface area contributed by atoms with Crippen LogP contribution in [0.2, 0.25) is 0 Å². The smallest absolute Gasteiger partial charge is 0.344 e. The van der Waals surface area contributed by atoms with Crippen molar-refractivity contribution in [2.75, 3.05) is 18.5 Å². The molecule has 1 aliphatic rings. The van der Waals surface area contributed by atoms with Gasteiger partial charge in [-0.15, -0.1) is 0 Å². The molecule has 4 rings (SSSR count). The van der Waals surface area contributed by atoms with Gasteiger partial charge in [0.15, 0.2) is 11.7 Å². The Kier molecular flexibility index (Phi) is 7.97. The fourth-order valence-electron chi connectivity index (χ4n) is 3.86. The van der Waals surface area contributed by atoms with Crippen molar-refractivity contribution in [3.63, 3.8) is 0 Å². The number of ether oxygens (including phenoxy) is 2. The quantitative estimate of drug-likeness (QED) is 0.309. The van der Waals surface area contributed by atoms with E-state index in [9.17, 15) is 9.59 Å². The fourth-order valence-corrected chi connectivity index (χ4v) is 4.08. The molecule has 0 spiro atoms. The molecule has 0 bridgehead atoms. The molecule has 0 aliphatic carbocycles. The summed E-state index contributed by atoms with van der Waals surface area (Å²) >= 11 is 5.51. The Hall–Kier alpha value is -4.17. The summed E-state index contributed by atoms with van der Waals surface area (Å²) in [6.45, 7) is 3.81. The molecule has 0 aromatic heterocycles. The normalized spacial score (nSPS) is 14.9. The van der Waals surface area contributed by atoms with Gasteiger partial charge in [-0.25, -0.2) is 4.79 Å². The Labute approximate surface area is 215 Å². The summed E-state index contributed by atoms with van der Waals surface area (Å²) in [5.41, 5.74) is 4.45. The molecule has 8 heteroatoms. The van der Waals surface area contributed by atoms with Crippen LogP contribution in [0.15, 0.2) is 84.4 Å². The second kappa shape index (κ2) is 11.5. The zero-order valence-corrected chi connectivity index (χ0v) is 20.9. The number of esters is 1. The summed E-state index contributed by atoms with van der Waals surface area (Å²) in [6.07, 6.45) is 0. The maximum absolute atomic E-state index is 13.7. The number of nitrogens with one attached hydrogen (secondary N) is 3. The second-order valence-corrected chi connectivity index (χ2v) is 8.58. The highest BCUT2D eigenvalue weighted by Crippen LogP contribution is 2.33. The van der Waals surface area contributed by atoms with E-state index in [-0.39, 0.29) is 19.1 Å². The molecule has 1 unspecified atom stereocenters. The highest BCUT2D eigenvalue weighted by Gasteiger charge is 2.32. The van der Waals surface area contributed by atoms with Crippen LogP contribution in [-0.2, 0) is 14.3 Å². The Morgan fingerprint density at radius 3 is 2.47 bits per heavy atom. The average Bonchev–Trinajstić information content (AvgIpc) is 2.89. The zero-order chi connectivity index (χ0) is 25.5. The molecule has 36 heavy (non-hydrogen) atoms. The molecule has 1 aliphatic heterocycles. The third-order valence-electron chi connectivity index (χ3n) is 5.54. The van der Waals surface area contributed by atoms with Crippen molar-refractivity contribution >= 4 is 40.6 Å².